The van der Waals surface area contributed by atoms with Gasteiger partial charge in [-0.15, -0.1) is 11.5 Å². The first-order chi connectivity index (χ1) is 19.7. The SMILES string of the molecule is C#Cc1ccc2c3c(c([C@H](C)NC(=O)c4c(NS(N)(=O)=O)nn5cccnc45)n(-c4ccccc4)c(=O)c13)CCC2. The Morgan fingerprint density at radius 2 is 1.90 bits per heavy atom. The molecular formula is C29H25N7O4S. The van der Waals surface area contributed by atoms with Crippen molar-refractivity contribution in [2.75, 3.05) is 4.72 Å². The second-order valence-corrected chi connectivity index (χ2v) is 11.1. The minimum atomic E-state index is -4.24. The lowest BCUT2D eigenvalue weighted by atomic mass is 9.85. The summed E-state index contributed by atoms with van der Waals surface area (Å²) in [7, 11) is -4.24. The molecule has 1 amide bonds. The number of nitrogens with zero attached hydrogens (tertiary/aromatic N) is 4. The third-order valence-corrected chi connectivity index (χ3v) is 7.70. The normalized spacial score (nSPS) is 13.6. The number of para-hydroxylation sites is 1. The lowest BCUT2D eigenvalue weighted by molar-refractivity contribution is 0.0941. The van der Waals surface area contributed by atoms with Crippen LogP contribution in [0.4, 0.5) is 5.82 Å². The van der Waals surface area contributed by atoms with E-state index in [0.717, 1.165) is 29.4 Å². The van der Waals surface area contributed by atoms with Crippen LogP contribution in [0.2, 0.25) is 0 Å². The summed E-state index contributed by atoms with van der Waals surface area (Å²) in [5.41, 5.74) is 3.45. The van der Waals surface area contributed by atoms with Crippen LogP contribution in [0.15, 0.2) is 65.7 Å². The van der Waals surface area contributed by atoms with Crippen LogP contribution < -0.4 is 20.7 Å². The maximum absolute atomic E-state index is 14.2. The van der Waals surface area contributed by atoms with E-state index in [0.29, 0.717) is 28.8 Å². The summed E-state index contributed by atoms with van der Waals surface area (Å²) >= 11 is 0. The van der Waals surface area contributed by atoms with Crippen LogP contribution in [-0.4, -0.2) is 33.5 Å². The van der Waals surface area contributed by atoms with Crippen molar-refractivity contribution in [2.45, 2.75) is 32.2 Å². The van der Waals surface area contributed by atoms with E-state index in [9.17, 15) is 18.0 Å². The zero-order valence-corrected chi connectivity index (χ0v) is 22.8. The molecule has 11 nitrogen and oxygen atoms in total. The molecule has 0 saturated heterocycles. The molecule has 0 radical (unpaired) electrons. The Kier molecular flexibility index (Phi) is 6.33. The summed E-state index contributed by atoms with van der Waals surface area (Å²) in [6.07, 6.45) is 11.2. The molecule has 0 saturated carbocycles. The van der Waals surface area contributed by atoms with E-state index in [-0.39, 0.29) is 22.6 Å². The van der Waals surface area contributed by atoms with E-state index < -0.39 is 22.2 Å². The number of rotatable bonds is 6. The van der Waals surface area contributed by atoms with Gasteiger partial charge in [0.1, 0.15) is 5.56 Å². The molecule has 1 atom stereocenters. The number of nitrogens with one attached hydrogen (secondary N) is 2. The van der Waals surface area contributed by atoms with E-state index in [1.165, 1.54) is 16.9 Å². The van der Waals surface area contributed by atoms with Gasteiger partial charge in [-0.1, -0.05) is 30.2 Å². The van der Waals surface area contributed by atoms with Gasteiger partial charge < -0.3 is 5.32 Å². The van der Waals surface area contributed by atoms with Gasteiger partial charge in [-0.25, -0.2) is 14.6 Å². The molecular weight excluding hydrogens is 542 g/mol. The van der Waals surface area contributed by atoms with Crippen LogP contribution in [0.5, 0.6) is 0 Å². The molecule has 0 aliphatic heterocycles. The summed E-state index contributed by atoms with van der Waals surface area (Å²) in [4.78, 5) is 32.2. The first kappa shape index (κ1) is 26.2. The van der Waals surface area contributed by atoms with Crippen molar-refractivity contribution in [3.63, 3.8) is 0 Å². The van der Waals surface area contributed by atoms with Gasteiger partial charge in [-0.3, -0.25) is 18.9 Å². The van der Waals surface area contributed by atoms with E-state index in [2.05, 4.69) is 26.0 Å². The van der Waals surface area contributed by atoms with Gasteiger partial charge in [-0.2, -0.15) is 8.42 Å². The highest BCUT2D eigenvalue weighted by molar-refractivity contribution is 7.90. The first-order valence-corrected chi connectivity index (χ1v) is 14.4. The topological polar surface area (TPSA) is 153 Å². The predicted molar refractivity (Wildman–Crippen MR) is 155 cm³/mol. The predicted octanol–water partition coefficient (Wildman–Crippen LogP) is 2.61. The number of amides is 1. The van der Waals surface area contributed by atoms with Gasteiger partial charge in [0.2, 0.25) is 0 Å². The molecule has 6 rings (SSSR count). The molecule has 2 aromatic carbocycles. The van der Waals surface area contributed by atoms with Gasteiger partial charge in [-0.05, 0) is 67.0 Å². The lowest BCUT2D eigenvalue weighted by Gasteiger charge is -2.28. The third-order valence-electron chi connectivity index (χ3n) is 7.22. The minimum Gasteiger partial charge on any atom is -0.344 e. The van der Waals surface area contributed by atoms with Crippen molar-refractivity contribution in [1.82, 2.24) is 24.5 Å². The molecule has 41 heavy (non-hydrogen) atoms. The Morgan fingerprint density at radius 3 is 2.63 bits per heavy atom. The average molecular weight is 568 g/mol. The molecule has 0 fully saturated rings. The quantitative estimate of drug-likeness (QED) is 0.268. The van der Waals surface area contributed by atoms with E-state index >= 15 is 0 Å². The molecule has 3 heterocycles. The molecule has 0 unspecified atom stereocenters. The van der Waals surface area contributed by atoms with Crippen molar-refractivity contribution >= 4 is 38.4 Å². The number of fused-ring (bicyclic) bond motifs is 1. The van der Waals surface area contributed by atoms with Crippen molar-refractivity contribution in [3.05, 3.63) is 99.2 Å². The summed E-state index contributed by atoms with van der Waals surface area (Å²) in [6, 6.07) is 13.8. The number of aromatic nitrogens is 4. The van der Waals surface area contributed by atoms with E-state index in [1.54, 1.807) is 17.6 Å². The molecule has 0 spiro atoms. The fourth-order valence-corrected chi connectivity index (χ4v) is 6.07. The zero-order chi connectivity index (χ0) is 28.9. The Bertz CT molecular complexity index is 2080. The highest BCUT2D eigenvalue weighted by Gasteiger charge is 2.30. The Hall–Kier alpha value is -4.99. The van der Waals surface area contributed by atoms with Crippen LogP contribution in [-0.2, 0) is 23.1 Å². The Labute approximate surface area is 235 Å². The molecule has 5 aromatic rings. The van der Waals surface area contributed by atoms with Crippen molar-refractivity contribution in [3.8, 4) is 18.0 Å². The van der Waals surface area contributed by atoms with E-state index in [1.807, 2.05) is 42.5 Å². The monoisotopic (exact) mass is 567 g/mol. The summed E-state index contributed by atoms with van der Waals surface area (Å²) in [5, 5.41) is 13.6. The van der Waals surface area contributed by atoms with Gasteiger partial charge in [0.15, 0.2) is 11.5 Å². The van der Waals surface area contributed by atoms with Crippen molar-refractivity contribution in [2.24, 2.45) is 5.14 Å². The molecule has 206 valence electrons. The number of benzene rings is 2. The average Bonchev–Trinajstić information content (AvgIpc) is 3.31. The lowest BCUT2D eigenvalue weighted by Crippen LogP contribution is -2.35. The van der Waals surface area contributed by atoms with Crippen LogP contribution in [0.25, 0.3) is 22.1 Å². The minimum absolute atomic E-state index is 0.107. The summed E-state index contributed by atoms with van der Waals surface area (Å²) in [5.74, 6) is 1.75. The number of carbonyl (C=O) groups is 1. The van der Waals surface area contributed by atoms with Gasteiger partial charge in [0.25, 0.3) is 21.7 Å². The molecule has 12 heteroatoms. The van der Waals surface area contributed by atoms with Gasteiger partial charge in [0.05, 0.1) is 17.1 Å². The summed E-state index contributed by atoms with van der Waals surface area (Å²) < 4.78 is 28.7. The molecule has 1 aliphatic carbocycles. The van der Waals surface area contributed by atoms with Crippen LogP contribution in [0.1, 0.15) is 52.1 Å². The fraction of sp³-hybridized carbons (Fsp3) is 0.172. The van der Waals surface area contributed by atoms with Crippen LogP contribution in [0, 0.1) is 12.3 Å². The smallest absolute Gasteiger partial charge is 0.297 e. The van der Waals surface area contributed by atoms with Gasteiger partial charge >= 0.3 is 0 Å². The number of pyridine rings is 1. The Morgan fingerprint density at radius 1 is 1.12 bits per heavy atom. The van der Waals surface area contributed by atoms with Gasteiger partial charge in [0, 0.05) is 23.6 Å². The Balaban J connectivity index is 1.56. The van der Waals surface area contributed by atoms with Crippen molar-refractivity contribution in [1.29, 1.82) is 0 Å². The highest BCUT2D eigenvalue weighted by atomic mass is 32.2. The maximum atomic E-state index is 14.2. The largest absolute Gasteiger partial charge is 0.344 e. The number of nitrogens with two attached hydrogens (primary N) is 1. The number of hydrogen-bond donors (Lipinski definition) is 3. The second-order valence-electron chi connectivity index (χ2n) is 9.81. The van der Waals surface area contributed by atoms with Crippen LogP contribution >= 0.6 is 0 Å². The molecule has 3 aromatic heterocycles. The number of carbonyl (C=O) groups excluding carboxylic acids is 1. The number of aryl methyl sites for hydroxylation is 2. The first-order valence-electron chi connectivity index (χ1n) is 12.9. The summed E-state index contributed by atoms with van der Waals surface area (Å²) in [6.45, 7) is 1.78. The highest BCUT2D eigenvalue weighted by Crippen LogP contribution is 2.35. The maximum Gasteiger partial charge on any atom is 0.297 e. The number of hydrogen-bond acceptors (Lipinski definition) is 6. The third kappa shape index (κ3) is 4.51. The van der Waals surface area contributed by atoms with Crippen LogP contribution in [0.3, 0.4) is 0 Å². The molecule has 4 N–H and O–H groups in total. The number of anilines is 1. The number of terminal acetylenes is 1. The molecule has 0 bridgehead atoms. The second kappa shape index (κ2) is 9.88. The van der Waals surface area contributed by atoms with E-state index in [4.69, 9.17) is 11.6 Å². The fourth-order valence-electron chi connectivity index (χ4n) is 5.66. The standard InChI is InChI=1S/C29H25N7O4S/c1-3-18-13-14-19-9-7-12-21-22(19)23(18)29(38)36(20-10-5-4-6-11-20)25(21)17(2)32-28(37)24-26(34-41(30,39)40)33-35-16-8-15-31-27(24)35/h1,4-6,8,10-11,13-17H,7,9,12H2,2H3,(H,32,37)(H,33,34)(H2,30,39,40)/t17-/m0/s1. The zero-order valence-electron chi connectivity index (χ0n) is 22.0. The van der Waals surface area contributed by atoms with Crippen molar-refractivity contribution < 1.29 is 13.2 Å². The molecule has 1 aliphatic rings.